The topological polar surface area (TPSA) is 59.0 Å². The number of nitrogens with zero attached hydrogens (tertiary/aromatic N) is 1. The third-order valence-corrected chi connectivity index (χ3v) is 3.95. The first kappa shape index (κ1) is 15.6. The molecule has 0 bridgehead atoms. The van der Waals surface area contributed by atoms with E-state index in [4.69, 9.17) is 9.47 Å². The van der Waals surface area contributed by atoms with E-state index in [0.717, 1.165) is 32.5 Å². The second kappa shape index (κ2) is 6.31. The third kappa shape index (κ3) is 4.35. The summed E-state index contributed by atoms with van der Waals surface area (Å²) in [4.78, 5) is 13.6. The quantitative estimate of drug-likeness (QED) is 0.843. The van der Waals surface area contributed by atoms with Gasteiger partial charge in [0.05, 0.1) is 12.6 Å². The molecule has 3 atom stereocenters. The number of carbonyl (C=O) groups excluding carboxylic acids is 1. The highest BCUT2D eigenvalue weighted by atomic mass is 16.6. The highest BCUT2D eigenvalue weighted by Crippen LogP contribution is 2.29. The third-order valence-electron chi connectivity index (χ3n) is 3.95. The van der Waals surface area contributed by atoms with Gasteiger partial charge in [-0.25, -0.2) is 4.79 Å². The molecule has 1 N–H and O–H groups in total. The standard InChI is InChI=1S/C15H27NO4/c1-15(2,3)20-14(18)16-8-12(13(17)9-16)7-11-5-4-6-19-10-11/h11-13,17H,4-10H2,1-3H3. The molecule has 2 saturated heterocycles. The van der Waals surface area contributed by atoms with Gasteiger partial charge in [0.15, 0.2) is 0 Å². The van der Waals surface area contributed by atoms with Gasteiger partial charge in [-0.05, 0) is 46.0 Å². The lowest BCUT2D eigenvalue weighted by Gasteiger charge is -2.26. The van der Waals surface area contributed by atoms with Crippen molar-refractivity contribution in [1.82, 2.24) is 4.90 Å². The Morgan fingerprint density at radius 3 is 2.75 bits per heavy atom. The molecule has 1 amide bonds. The van der Waals surface area contributed by atoms with Crippen LogP contribution in [-0.2, 0) is 9.47 Å². The Morgan fingerprint density at radius 1 is 1.40 bits per heavy atom. The maximum Gasteiger partial charge on any atom is 0.410 e. The molecule has 3 unspecified atom stereocenters. The van der Waals surface area contributed by atoms with Crippen LogP contribution in [0.3, 0.4) is 0 Å². The van der Waals surface area contributed by atoms with Crippen LogP contribution in [0.4, 0.5) is 4.79 Å². The average molecular weight is 285 g/mol. The summed E-state index contributed by atoms with van der Waals surface area (Å²) < 4.78 is 10.8. The van der Waals surface area contributed by atoms with Crippen molar-refractivity contribution >= 4 is 6.09 Å². The SMILES string of the molecule is CC(C)(C)OC(=O)N1CC(O)C(CC2CCCOC2)C1. The number of hydrogen-bond acceptors (Lipinski definition) is 4. The zero-order chi connectivity index (χ0) is 14.8. The normalized spacial score (nSPS) is 31.4. The highest BCUT2D eigenvalue weighted by molar-refractivity contribution is 5.68. The van der Waals surface area contributed by atoms with E-state index in [1.807, 2.05) is 20.8 Å². The van der Waals surface area contributed by atoms with Crippen LogP contribution in [0.2, 0.25) is 0 Å². The number of hydrogen-bond donors (Lipinski definition) is 1. The van der Waals surface area contributed by atoms with Crippen LogP contribution in [0.25, 0.3) is 0 Å². The molecule has 0 spiro atoms. The number of β-amino-alcohol motifs (C(OH)–C–C–N with tert-alkyl or cyclic N) is 1. The summed E-state index contributed by atoms with van der Waals surface area (Å²) in [6.07, 6.45) is 2.43. The van der Waals surface area contributed by atoms with Crippen LogP contribution < -0.4 is 0 Å². The minimum Gasteiger partial charge on any atom is -0.444 e. The van der Waals surface area contributed by atoms with Crippen molar-refractivity contribution in [3.8, 4) is 0 Å². The second-order valence-corrected chi connectivity index (χ2v) is 7.03. The van der Waals surface area contributed by atoms with Crippen LogP contribution in [-0.4, -0.2) is 54.1 Å². The van der Waals surface area contributed by atoms with Crippen molar-refractivity contribution in [3.63, 3.8) is 0 Å². The van der Waals surface area contributed by atoms with Gasteiger partial charge in [-0.3, -0.25) is 0 Å². The van der Waals surface area contributed by atoms with E-state index in [1.165, 1.54) is 0 Å². The van der Waals surface area contributed by atoms with Crippen LogP contribution in [0.1, 0.15) is 40.0 Å². The van der Waals surface area contributed by atoms with Crippen LogP contribution >= 0.6 is 0 Å². The Morgan fingerprint density at radius 2 is 2.15 bits per heavy atom. The molecule has 2 fully saturated rings. The lowest BCUT2D eigenvalue weighted by Crippen LogP contribution is -2.35. The molecule has 0 radical (unpaired) electrons. The predicted molar refractivity (Wildman–Crippen MR) is 75.5 cm³/mol. The van der Waals surface area contributed by atoms with Gasteiger partial charge in [0.25, 0.3) is 0 Å². The van der Waals surface area contributed by atoms with Crippen molar-refractivity contribution in [2.75, 3.05) is 26.3 Å². The van der Waals surface area contributed by atoms with Gasteiger partial charge in [0.2, 0.25) is 0 Å². The van der Waals surface area contributed by atoms with Crippen LogP contribution in [0.5, 0.6) is 0 Å². The summed E-state index contributed by atoms with van der Waals surface area (Å²) in [5, 5.41) is 10.1. The summed E-state index contributed by atoms with van der Waals surface area (Å²) in [7, 11) is 0. The van der Waals surface area contributed by atoms with Gasteiger partial charge in [0.1, 0.15) is 5.60 Å². The first-order valence-corrected chi connectivity index (χ1v) is 7.59. The Kier molecular flexibility index (Phi) is 4.91. The molecule has 0 aromatic heterocycles. The van der Waals surface area contributed by atoms with E-state index in [1.54, 1.807) is 4.90 Å². The summed E-state index contributed by atoms with van der Waals surface area (Å²) in [5.74, 6) is 0.663. The Hall–Kier alpha value is -0.810. The molecule has 20 heavy (non-hydrogen) atoms. The van der Waals surface area contributed by atoms with E-state index >= 15 is 0 Å². The smallest absolute Gasteiger partial charge is 0.410 e. The minimum atomic E-state index is -0.489. The van der Waals surface area contributed by atoms with Gasteiger partial charge >= 0.3 is 6.09 Å². The molecule has 5 nitrogen and oxygen atoms in total. The number of rotatable bonds is 2. The molecule has 0 aromatic rings. The number of likely N-dealkylation sites (tertiary alicyclic amines) is 1. The molecule has 0 aliphatic carbocycles. The number of ether oxygens (including phenoxy) is 2. The number of aliphatic hydroxyl groups excluding tert-OH is 1. The fraction of sp³-hybridized carbons (Fsp3) is 0.933. The molecule has 116 valence electrons. The molecule has 2 aliphatic heterocycles. The predicted octanol–water partition coefficient (Wildman–Crippen LogP) is 2.03. The Bertz CT molecular complexity index is 333. The first-order valence-electron chi connectivity index (χ1n) is 7.59. The van der Waals surface area contributed by atoms with Gasteiger partial charge < -0.3 is 19.5 Å². The molecule has 2 rings (SSSR count). The van der Waals surface area contributed by atoms with Gasteiger partial charge in [-0.2, -0.15) is 0 Å². The minimum absolute atomic E-state index is 0.147. The van der Waals surface area contributed by atoms with Crippen LogP contribution in [0, 0.1) is 11.8 Å². The van der Waals surface area contributed by atoms with Gasteiger partial charge in [-0.15, -0.1) is 0 Å². The van der Waals surface area contributed by atoms with E-state index in [9.17, 15) is 9.90 Å². The van der Waals surface area contributed by atoms with Crippen LogP contribution in [0.15, 0.2) is 0 Å². The van der Waals surface area contributed by atoms with E-state index in [0.29, 0.717) is 19.0 Å². The van der Waals surface area contributed by atoms with E-state index in [-0.39, 0.29) is 12.0 Å². The van der Waals surface area contributed by atoms with Crippen molar-refractivity contribution in [2.45, 2.75) is 51.7 Å². The maximum atomic E-state index is 12.0. The molecular weight excluding hydrogens is 258 g/mol. The Balaban J connectivity index is 1.83. The van der Waals surface area contributed by atoms with E-state index < -0.39 is 11.7 Å². The summed E-state index contributed by atoms with van der Waals surface area (Å²) in [5.41, 5.74) is -0.489. The number of aliphatic hydroxyl groups is 1. The monoisotopic (exact) mass is 285 g/mol. The summed E-state index contributed by atoms with van der Waals surface area (Å²) in [6, 6.07) is 0. The summed E-state index contributed by atoms with van der Waals surface area (Å²) in [6.45, 7) is 8.18. The lowest BCUT2D eigenvalue weighted by atomic mass is 9.89. The molecule has 5 heteroatoms. The summed E-state index contributed by atoms with van der Waals surface area (Å²) >= 11 is 0. The van der Waals surface area contributed by atoms with Crippen molar-refractivity contribution in [3.05, 3.63) is 0 Å². The molecule has 0 saturated carbocycles. The zero-order valence-electron chi connectivity index (χ0n) is 12.8. The van der Waals surface area contributed by atoms with Crippen molar-refractivity contribution in [1.29, 1.82) is 0 Å². The fourth-order valence-corrected chi connectivity index (χ4v) is 2.98. The van der Waals surface area contributed by atoms with Crippen molar-refractivity contribution in [2.24, 2.45) is 11.8 Å². The molecule has 2 heterocycles. The second-order valence-electron chi connectivity index (χ2n) is 7.03. The first-order chi connectivity index (χ1) is 9.35. The number of amides is 1. The maximum absolute atomic E-state index is 12.0. The van der Waals surface area contributed by atoms with E-state index in [2.05, 4.69) is 0 Å². The zero-order valence-corrected chi connectivity index (χ0v) is 12.8. The number of carbonyl (C=O) groups is 1. The van der Waals surface area contributed by atoms with Crippen molar-refractivity contribution < 1.29 is 19.4 Å². The molecule has 2 aliphatic rings. The molecule has 0 aromatic carbocycles. The molecular formula is C15H27NO4. The van der Waals surface area contributed by atoms with Gasteiger partial charge in [-0.1, -0.05) is 0 Å². The fourth-order valence-electron chi connectivity index (χ4n) is 2.98. The largest absolute Gasteiger partial charge is 0.444 e. The average Bonchev–Trinajstić information content (AvgIpc) is 2.70. The van der Waals surface area contributed by atoms with Gasteiger partial charge in [0, 0.05) is 25.7 Å². The Labute approximate surface area is 121 Å². The highest BCUT2D eigenvalue weighted by Gasteiger charge is 2.37. The lowest BCUT2D eigenvalue weighted by molar-refractivity contribution is 0.0268.